The first-order chi connectivity index (χ1) is 10.5. The number of alkyl halides is 7. The first-order valence-electron chi connectivity index (χ1n) is 6.66. The van der Waals surface area contributed by atoms with Crippen molar-refractivity contribution < 1.29 is 45.0 Å². The van der Waals surface area contributed by atoms with Gasteiger partial charge < -0.3 is 9.47 Å². The number of hydrogen-bond donors (Lipinski definition) is 0. The third-order valence-corrected chi connectivity index (χ3v) is 2.72. The lowest BCUT2D eigenvalue weighted by molar-refractivity contribution is -0.355. The van der Waals surface area contributed by atoms with Crippen LogP contribution in [0.15, 0.2) is 12.8 Å². The highest BCUT2D eigenvalue weighted by Gasteiger charge is 2.72. The zero-order valence-electron chi connectivity index (χ0n) is 12.1. The molecular formula is C13H17F7O3. The van der Waals surface area contributed by atoms with E-state index in [1.807, 2.05) is 0 Å². The molecule has 0 aromatic carbocycles. The molecule has 0 saturated heterocycles. The Bertz CT molecular complexity index is 380. The Balaban J connectivity index is 4.05. The molecule has 0 aliphatic rings. The van der Waals surface area contributed by atoms with Crippen molar-refractivity contribution in [3.63, 3.8) is 0 Å². The molecule has 0 aliphatic carbocycles. The van der Waals surface area contributed by atoms with E-state index >= 15 is 0 Å². The molecule has 0 N–H and O–H groups in total. The molecule has 0 radical (unpaired) electrons. The molecule has 0 fully saturated rings. The van der Waals surface area contributed by atoms with Crippen LogP contribution in [0, 0.1) is 0 Å². The van der Waals surface area contributed by atoms with Crippen molar-refractivity contribution in [1.29, 1.82) is 0 Å². The van der Waals surface area contributed by atoms with Crippen molar-refractivity contribution in [2.24, 2.45) is 0 Å². The fourth-order valence-corrected chi connectivity index (χ4v) is 1.45. The highest BCUT2D eigenvalue weighted by Crippen LogP contribution is 2.48. The number of carbonyl (C=O) groups excluding carboxylic acids is 1. The van der Waals surface area contributed by atoms with Crippen molar-refractivity contribution in [3.8, 4) is 0 Å². The van der Waals surface area contributed by atoms with Gasteiger partial charge in [0.05, 0.1) is 19.5 Å². The average Bonchev–Trinajstić information content (AvgIpc) is 2.41. The Hall–Kier alpha value is -1.48. The van der Waals surface area contributed by atoms with Gasteiger partial charge in [0.15, 0.2) is 0 Å². The molecule has 0 spiro atoms. The zero-order valence-corrected chi connectivity index (χ0v) is 12.1. The van der Waals surface area contributed by atoms with E-state index in [1.165, 1.54) is 6.26 Å². The molecule has 0 atom stereocenters. The number of halogens is 7. The normalized spacial score (nSPS) is 12.8. The van der Waals surface area contributed by atoms with E-state index in [2.05, 4.69) is 11.3 Å². The zero-order chi connectivity index (χ0) is 18.1. The molecule has 0 unspecified atom stereocenters. The Morgan fingerprint density at radius 1 is 0.957 bits per heavy atom. The Kier molecular flexibility index (Phi) is 8.39. The lowest BCUT2D eigenvalue weighted by atomic mass is 10.0. The second kappa shape index (κ2) is 8.97. The molecule has 10 heteroatoms. The molecule has 0 bridgehead atoms. The van der Waals surface area contributed by atoms with Crippen LogP contribution in [0.1, 0.15) is 32.1 Å². The third-order valence-electron chi connectivity index (χ3n) is 2.72. The molecule has 0 aliphatic heterocycles. The Labute approximate surface area is 128 Å². The van der Waals surface area contributed by atoms with Gasteiger partial charge in [-0.3, -0.25) is 4.79 Å². The summed E-state index contributed by atoms with van der Waals surface area (Å²) in [6.07, 6.45) is -7.48. The van der Waals surface area contributed by atoms with Crippen LogP contribution in [0.25, 0.3) is 0 Å². The van der Waals surface area contributed by atoms with Crippen LogP contribution >= 0.6 is 0 Å². The largest absolute Gasteiger partial charge is 0.502 e. The summed E-state index contributed by atoms with van der Waals surface area (Å²) in [5.74, 6) is -12.4. The maximum atomic E-state index is 12.9. The van der Waals surface area contributed by atoms with E-state index in [9.17, 15) is 35.5 Å². The summed E-state index contributed by atoms with van der Waals surface area (Å²) in [6, 6.07) is 0. The molecular weight excluding hydrogens is 337 g/mol. The first kappa shape index (κ1) is 21.5. The minimum atomic E-state index is -6.36. The minimum Gasteiger partial charge on any atom is -0.502 e. The van der Waals surface area contributed by atoms with E-state index in [0.29, 0.717) is 19.4 Å². The SMILES string of the molecule is C=COCCCCOC(=O)CCCC(F)(F)C(F)(F)C(F)(F)F. The van der Waals surface area contributed by atoms with Crippen molar-refractivity contribution in [3.05, 3.63) is 12.8 Å². The van der Waals surface area contributed by atoms with E-state index in [-0.39, 0.29) is 6.61 Å². The summed E-state index contributed by atoms with van der Waals surface area (Å²) in [4.78, 5) is 11.1. The molecule has 136 valence electrons. The number of unbranched alkanes of at least 4 members (excludes halogenated alkanes) is 1. The number of esters is 1. The summed E-state index contributed by atoms with van der Waals surface area (Å²) in [5.41, 5.74) is 0. The van der Waals surface area contributed by atoms with Crippen LogP contribution in [0.3, 0.4) is 0 Å². The topological polar surface area (TPSA) is 35.5 Å². The van der Waals surface area contributed by atoms with Crippen molar-refractivity contribution in [1.82, 2.24) is 0 Å². The quantitative estimate of drug-likeness (QED) is 0.238. The Morgan fingerprint density at radius 2 is 1.52 bits per heavy atom. The molecule has 0 aromatic rings. The van der Waals surface area contributed by atoms with Crippen molar-refractivity contribution >= 4 is 5.97 Å². The van der Waals surface area contributed by atoms with Gasteiger partial charge in [-0.05, 0) is 19.3 Å². The monoisotopic (exact) mass is 354 g/mol. The molecule has 0 heterocycles. The molecule has 23 heavy (non-hydrogen) atoms. The predicted octanol–water partition coefficient (Wildman–Crippen LogP) is 4.47. The van der Waals surface area contributed by atoms with Crippen LogP contribution < -0.4 is 0 Å². The fourth-order valence-electron chi connectivity index (χ4n) is 1.45. The van der Waals surface area contributed by atoms with E-state index in [1.54, 1.807) is 0 Å². The van der Waals surface area contributed by atoms with Crippen LogP contribution in [0.5, 0.6) is 0 Å². The van der Waals surface area contributed by atoms with Crippen LogP contribution in [0.4, 0.5) is 30.7 Å². The molecule has 0 rings (SSSR count). The van der Waals surface area contributed by atoms with E-state index in [0.717, 1.165) is 0 Å². The summed E-state index contributed by atoms with van der Waals surface area (Å²) >= 11 is 0. The van der Waals surface area contributed by atoms with Gasteiger partial charge in [0.25, 0.3) is 0 Å². The van der Waals surface area contributed by atoms with Gasteiger partial charge in [0, 0.05) is 12.8 Å². The second-order valence-corrected chi connectivity index (χ2v) is 4.60. The summed E-state index contributed by atoms with van der Waals surface area (Å²) in [5, 5.41) is 0. The van der Waals surface area contributed by atoms with Gasteiger partial charge in [-0.1, -0.05) is 6.58 Å². The highest BCUT2D eigenvalue weighted by atomic mass is 19.4. The van der Waals surface area contributed by atoms with Crippen molar-refractivity contribution in [2.75, 3.05) is 13.2 Å². The van der Waals surface area contributed by atoms with Gasteiger partial charge in [0.1, 0.15) is 0 Å². The van der Waals surface area contributed by atoms with Gasteiger partial charge in [0.2, 0.25) is 0 Å². The van der Waals surface area contributed by atoms with Gasteiger partial charge in [-0.2, -0.15) is 30.7 Å². The van der Waals surface area contributed by atoms with Gasteiger partial charge in [-0.25, -0.2) is 0 Å². The highest BCUT2D eigenvalue weighted by molar-refractivity contribution is 5.69. The standard InChI is InChI=1S/C13H17F7O3/c1-2-22-8-3-4-9-23-10(21)6-5-7-11(14,15)12(16,17)13(18,19)20/h2H,1,3-9H2. The van der Waals surface area contributed by atoms with Crippen LogP contribution in [-0.4, -0.2) is 37.2 Å². The molecule has 0 aromatic heterocycles. The number of carbonyl (C=O) groups is 1. The number of hydrogen-bond acceptors (Lipinski definition) is 3. The first-order valence-corrected chi connectivity index (χ1v) is 6.66. The smallest absolute Gasteiger partial charge is 0.459 e. The molecule has 0 amide bonds. The number of rotatable bonds is 11. The number of ether oxygens (including phenoxy) is 2. The predicted molar refractivity (Wildman–Crippen MR) is 66.1 cm³/mol. The summed E-state index contributed by atoms with van der Waals surface area (Å²) in [7, 11) is 0. The van der Waals surface area contributed by atoms with Gasteiger partial charge in [-0.15, -0.1) is 0 Å². The van der Waals surface area contributed by atoms with E-state index in [4.69, 9.17) is 4.74 Å². The van der Waals surface area contributed by atoms with Crippen molar-refractivity contribution in [2.45, 2.75) is 50.1 Å². The Morgan fingerprint density at radius 3 is 2.04 bits per heavy atom. The maximum Gasteiger partial charge on any atom is 0.459 e. The average molecular weight is 354 g/mol. The fraction of sp³-hybridized carbons (Fsp3) is 0.769. The summed E-state index contributed by atoms with van der Waals surface area (Å²) < 4.78 is 96.0. The maximum absolute atomic E-state index is 12.9. The lowest BCUT2D eigenvalue weighted by Crippen LogP contribution is -2.51. The third kappa shape index (κ3) is 7.08. The lowest BCUT2D eigenvalue weighted by Gasteiger charge is -2.28. The molecule has 3 nitrogen and oxygen atoms in total. The van der Waals surface area contributed by atoms with E-state index < -0.39 is 43.3 Å². The molecule has 0 saturated carbocycles. The minimum absolute atomic E-state index is 0.0333. The van der Waals surface area contributed by atoms with Crippen LogP contribution in [-0.2, 0) is 14.3 Å². The summed E-state index contributed by atoms with van der Waals surface area (Å²) in [6.45, 7) is 3.61. The van der Waals surface area contributed by atoms with Crippen LogP contribution in [0.2, 0.25) is 0 Å². The second-order valence-electron chi connectivity index (χ2n) is 4.60. The van der Waals surface area contributed by atoms with Gasteiger partial charge >= 0.3 is 24.0 Å².